The van der Waals surface area contributed by atoms with Gasteiger partial charge < -0.3 is 13.9 Å². The summed E-state index contributed by atoms with van der Waals surface area (Å²) < 4.78 is 17.7. The van der Waals surface area contributed by atoms with Gasteiger partial charge in [0.15, 0.2) is 12.1 Å². The lowest BCUT2D eigenvalue weighted by molar-refractivity contribution is -0.144. The molecule has 4 rings (SSSR count). The van der Waals surface area contributed by atoms with Crippen LogP contribution in [0.25, 0.3) is 11.0 Å². The molecule has 1 aliphatic heterocycles. The Labute approximate surface area is 152 Å². The van der Waals surface area contributed by atoms with E-state index in [2.05, 4.69) is 20.9 Å². The Morgan fingerprint density at radius 2 is 1.96 bits per heavy atom. The number of rotatable bonds is 3. The number of ether oxygens (including phenoxy) is 2. The van der Waals surface area contributed by atoms with Crippen molar-refractivity contribution in [3.05, 3.63) is 70.4 Å². The van der Waals surface area contributed by atoms with Crippen LogP contribution in [0.1, 0.15) is 17.4 Å². The van der Waals surface area contributed by atoms with Gasteiger partial charge in [-0.05, 0) is 36.4 Å². The van der Waals surface area contributed by atoms with E-state index in [1.165, 1.54) is 7.11 Å². The zero-order valence-corrected chi connectivity index (χ0v) is 14.9. The van der Waals surface area contributed by atoms with Crippen LogP contribution in [0.2, 0.25) is 0 Å². The van der Waals surface area contributed by atoms with Crippen LogP contribution in [-0.2, 0) is 14.3 Å². The molecule has 3 aromatic rings. The monoisotopic (exact) mass is 399 g/mol. The molecule has 2 heterocycles. The Bertz CT molecular complexity index is 964. The standard InChI is InChI=1S/C19H14BrNO4/c1-23-19(22)16-17(25-18(21-16)11-5-3-2-4-6-11)15-10-12-9-13(20)7-8-14(12)24-15/h2-10,16-17H,1H3. The van der Waals surface area contributed by atoms with Crippen molar-refractivity contribution in [2.45, 2.75) is 12.1 Å². The Morgan fingerprint density at radius 1 is 1.16 bits per heavy atom. The summed E-state index contributed by atoms with van der Waals surface area (Å²) in [5, 5.41) is 0.921. The molecular weight excluding hydrogens is 386 g/mol. The highest BCUT2D eigenvalue weighted by Gasteiger charge is 2.41. The number of halogens is 1. The smallest absolute Gasteiger partial charge is 0.335 e. The van der Waals surface area contributed by atoms with Crippen molar-refractivity contribution in [2.24, 2.45) is 4.99 Å². The number of hydrogen-bond donors (Lipinski definition) is 0. The summed E-state index contributed by atoms with van der Waals surface area (Å²) >= 11 is 3.44. The minimum absolute atomic E-state index is 0.405. The summed E-state index contributed by atoms with van der Waals surface area (Å²) in [5.41, 5.74) is 1.52. The van der Waals surface area contributed by atoms with Crippen LogP contribution in [0.3, 0.4) is 0 Å². The van der Waals surface area contributed by atoms with Gasteiger partial charge in [-0.3, -0.25) is 0 Å². The maximum atomic E-state index is 12.2. The van der Waals surface area contributed by atoms with Gasteiger partial charge >= 0.3 is 5.97 Å². The van der Waals surface area contributed by atoms with Crippen LogP contribution in [-0.4, -0.2) is 25.0 Å². The summed E-state index contributed by atoms with van der Waals surface area (Å²) in [7, 11) is 1.34. The van der Waals surface area contributed by atoms with Crippen molar-refractivity contribution in [3.63, 3.8) is 0 Å². The van der Waals surface area contributed by atoms with E-state index in [9.17, 15) is 4.79 Å². The lowest BCUT2D eigenvalue weighted by Crippen LogP contribution is -2.24. The third-order valence-electron chi connectivity index (χ3n) is 4.02. The molecule has 25 heavy (non-hydrogen) atoms. The van der Waals surface area contributed by atoms with Gasteiger partial charge in [0.25, 0.3) is 0 Å². The molecule has 5 nitrogen and oxygen atoms in total. The zero-order valence-electron chi connectivity index (χ0n) is 13.3. The molecule has 2 unspecified atom stereocenters. The molecule has 2 atom stereocenters. The largest absolute Gasteiger partial charge is 0.467 e. The van der Waals surface area contributed by atoms with Crippen LogP contribution in [0.5, 0.6) is 0 Å². The first kappa shape index (κ1) is 15.9. The van der Waals surface area contributed by atoms with Gasteiger partial charge in [-0.1, -0.05) is 34.1 Å². The summed E-state index contributed by atoms with van der Waals surface area (Å²) in [5.74, 6) is 0.485. The molecule has 0 bridgehead atoms. The predicted octanol–water partition coefficient (Wildman–Crippen LogP) is 4.26. The normalized spacial score (nSPS) is 19.5. The van der Waals surface area contributed by atoms with Crippen LogP contribution in [0.15, 0.2) is 68.5 Å². The fourth-order valence-corrected chi connectivity index (χ4v) is 3.20. The Hall–Kier alpha value is -2.60. The van der Waals surface area contributed by atoms with Crippen molar-refractivity contribution < 1.29 is 18.7 Å². The van der Waals surface area contributed by atoms with Gasteiger partial charge in [0.1, 0.15) is 11.3 Å². The Kier molecular flexibility index (Phi) is 4.05. The molecule has 0 spiro atoms. The molecule has 0 amide bonds. The molecule has 0 fully saturated rings. The maximum absolute atomic E-state index is 12.2. The molecule has 1 aliphatic rings. The molecule has 126 valence electrons. The second-order valence-corrected chi connectivity index (χ2v) is 6.55. The van der Waals surface area contributed by atoms with E-state index in [1.54, 1.807) is 0 Å². The van der Waals surface area contributed by atoms with Gasteiger partial charge in [-0.2, -0.15) is 0 Å². The van der Waals surface area contributed by atoms with E-state index in [1.807, 2.05) is 54.6 Å². The first-order chi connectivity index (χ1) is 12.2. The minimum atomic E-state index is -0.802. The number of carbonyl (C=O) groups excluding carboxylic acids is 1. The minimum Gasteiger partial charge on any atom is -0.467 e. The van der Waals surface area contributed by atoms with Crippen LogP contribution < -0.4 is 0 Å². The van der Waals surface area contributed by atoms with E-state index in [0.29, 0.717) is 11.7 Å². The highest BCUT2D eigenvalue weighted by molar-refractivity contribution is 9.10. The van der Waals surface area contributed by atoms with E-state index in [4.69, 9.17) is 13.9 Å². The molecule has 0 aliphatic carbocycles. The average Bonchev–Trinajstić information content (AvgIpc) is 3.25. The van der Waals surface area contributed by atoms with Crippen LogP contribution >= 0.6 is 15.9 Å². The first-order valence-electron chi connectivity index (χ1n) is 7.72. The molecule has 2 aromatic carbocycles. The van der Waals surface area contributed by atoms with Crippen molar-refractivity contribution in [1.29, 1.82) is 0 Å². The number of esters is 1. The molecule has 6 heteroatoms. The number of aliphatic imine (C=N–C) groups is 1. The van der Waals surface area contributed by atoms with E-state index in [0.717, 1.165) is 21.0 Å². The average molecular weight is 400 g/mol. The summed E-state index contributed by atoms with van der Waals surface area (Å²) in [6, 6.07) is 16.2. The van der Waals surface area contributed by atoms with Crippen LogP contribution in [0, 0.1) is 0 Å². The molecule has 1 aromatic heterocycles. The molecule has 0 saturated heterocycles. The van der Waals surface area contributed by atoms with Gasteiger partial charge in [0.05, 0.1) is 7.11 Å². The number of benzene rings is 2. The second kappa shape index (κ2) is 6.37. The summed E-state index contributed by atoms with van der Waals surface area (Å²) in [6.07, 6.45) is -0.658. The third kappa shape index (κ3) is 2.93. The van der Waals surface area contributed by atoms with Crippen molar-refractivity contribution in [3.8, 4) is 0 Å². The SMILES string of the molecule is COC(=O)C1N=C(c2ccccc2)OC1c1cc2cc(Br)ccc2o1. The highest BCUT2D eigenvalue weighted by Crippen LogP contribution is 2.35. The topological polar surface area (TPSA) is 61.0 Å². The highest BCUT2D eigenvalue weighted by atomic mass is 79.9. The number of nitrogens with zero attached hydrogens (tertiary/aromatic N) is 1. The number of fused-ring (bicyclic) bond motifs is 1. The number of hydrogen-bond acceptors (Lipinski definition) is 5. The third-order valence-corrected chi connectivity index (χ3v) is 4.52. The van der Waals surface area contributed by atoms with E-state index >= 15 is 0 Å². The van der Waals surface area contributed by atoms with E-state index in [-0.39, 0.29) is 0 Å². The Balaban J connectivity index is 1.73. The first-order valence-corrected chi connectivity index (χ1v) is 8.52. The van der Waals surface area contributed by atoms with Crippen LogP contribution in [0.4, 0.5) is 0 Å². The predicted molar refractivity (Wildman–Crippen MR) is 96.5 cm³/mol. The zero-order chi connectivity index (χ0) is 17.4. The quantitative estimate of drug-likeness (QED) is 0.617. The molecule has 0 N–H and O–H groups in total. The lowest BCUT2D eigenvalue weighted by atomic mass is 10.1. The van der Waals surface area contributed by atoms with Crippen molar-refractivity contribution in [1.82, 2.24) is 0 Å². The van der Waals surface area contributed by atoms with Gasteiger partial charge in [-0.15, -0.1) is 0 Å². The molecule has 0 saturated carbocycles. The Morgan fingerprint density at radius 3 is 2.72 bits per heavy atom. The number of furan rings is 1. The maximum Gasteiger partial charge on any atom is 0.335 e. The molecular formula is C19H14BrNO4. The fourth-order valence-electron chi connectivity index (χ4n) is 2.82. The fraction of sp³-hybridized carbons (Fsp3) is 0.158. The van der Waals surface area contributed by atoms with Gasteiger partial charge in [0.2, 0.25) is 5.90 Å². The van der Waals surface area contributed by atoms with Gasteiger partial charge in [-0.25, -0.2) is 9.79 Å². The lowest BCUT2D eigenvalue weighted by Gasteiger charge is -2.13. The van der Waals surface area contributed by atoms with Crippen molar-refractivity contribution in [2.75, 3.05) is 7.11 Å². The summed E-state index contributed by atoms with van der Waals surface area (Å²) in [6.45, 7) is 0. The van der Waals surface area contributed by atoms with Crippen molar-refractivity contribution >= 4 is 38.8 Å². The van der Waals surface area contributed by atoms with Gasteiger partial charge in [0, 0.05) is 15.4 Å². The number of carbonyl (C=O) groups is 1. The van der Waals surface area contributed by atoms with E-state index < -0.39 is 18.1 Å². The summed E-state index contributed by atoms with van der Waals surface area (Å²) in [4.78, 5) is 16.6. The number of methoxy groups -OCH3 is 1. The second-order valence-electron chi connectivity index (χ2n) is 5.64. The molecule has 0 radical (unpaired) electrons.